The second kappa shape index (κ2) is 7.02. The number of H-pyrrole nitrogens is 1. The van der Waals surface area contributed by atoms with Crippen LogP contribution >= 0.6 is 0 Å². The van der Waals surface area contributed by atoms with Gasteiger partial charge in [0.1, 0.15) is 11.5 Å². The summed E-state index contributed by atoms with van der Waals surface area (Å²) >= 11 is 0. The smallest absolute Gasteiger partial charge is 0.276 e. The molecule has 0 aromatic carbocycles. The Morgan fingerprint density at radius 2 is 2.34 bits per heavy atom. The van der Waals surface area contributed by atoms with Crippen LogP contribution in [0.3, 0.4) is 0 Å². The highest BCUT2D eigenvalue weighted by Gasteiger charge is 2.63. The van der Waals surface area contributed by atoms with Crippen molar-refractivity contribution >= 4 is 11.8 Å². The van der Waals surface area contributed by atoms with E-state index in [1.54, 1.807) is 24.4 Å². The second-order valence-electron chi connectivity index (χ2n) is 8.44. The Balaban J connectivity index is 1.26. The van der Waals surface area contributed by atoms with Gasteiger partial charge >= 0.3 is 0 Å². The third-order valence-electron chi connectivity index (χ3n) is 6.69. The van der Waals surface area contributed by atoms with Crippen molar-refractivity contribution in [2.24, 2.45) is 11.8 Å². The number of fused-ring (bicyclic) bond motifs is 1. The first-order chi connectivity index (χ1) is 14.1. The van der Waals surface area contributed by atoms with E-state index in [1.165, 1.54) is 0 Å². The van der Waals surface area contributed by atoms with Gasteiger partial charge in [0.2, 0.25) is 0 Å². The number of hydrogen-bond donors (Lipinski definition) is 2. The maximum Gasteiger partial charge on any atom is 0.276 e. The van der Waals surface area contributed by atoms with E-state index in [1.807, 2.05) is 4.90 Å². The monoisotopic (exact) mass is 398 g/mol. The molecule has 5 heterocycles. The number of aromatic nitrogens is 2. The number of carbonyl (C=O) groups excluding carboxylic acids is 2. The van der Waals surface area contributed by atoms with Gasteiger partial charge in [-0.15, -0.1) is 0 Å². The molecule has 8 heteroatoms. The molecule has 0 aliphatic carbocycles. The maximum atomic E-state index is 13.0. The molecule has 3 aliphatic heterocycles. The molecule has 2 amide bonds. The van der Waals surface area contributed by atoms with Gasteiger partial charge in [-0.25, -0.2) is 0 Å². The fraction of sp³-hybridized carbons (Fsp3) is 0.571. The number of aromatic amines is 1. The standard InChI is InChI=1S/C21H26N4O4/c1-2-4-13-9-17(24-29-13)20(27)25-11-15-14(18-6-7-21(15,12-25)28-18)10-23-19(26)16-5-3-8-22-16/h3,5,8-9,14-15,18,22H,2,4,6-7,10-12H2,1H3,(H,23,26)/t14-,15+,18+,21+/m0/s1. The van der Waals surface area contributed by atoms with Gasteiger partial charge in [-0.05, 0) is 31.4 Å². The van der Waals surface area contributed by atoms with E-state index in [0.717, 1.165) is 31.4 Å². The Morgan fingerprint density at radius 1 is 1.45 bits per heavy atom. The normalized spacial score (nSPS) is 30.0. The number of hydrogen-bond acceptors (Lipinski definition) is 5. The van der Waals surface area contributed by atoms with Gasteiger partial charge < -0.3 is 24.5 Å². The average molecular weight is 398 g/mol. The van der Waals surface area contributed by atoms with E-state index < -0.39 is 0 Å². The van der Waals surface area contributed by atoms with Crippen LogP contribution in [-0.4, -0.2) is 58.2 Å². The molecule has 0 unspecified atom stereocenters. The van der Waals surface area contributed by atoms with Crippen LogP contribution in [0.5, 0.6) is 0 Å². The van der Waals surface area contributed by atoms with Gasteiger partial charge in [0.15, 0.2) is 5.69 Å². The minimum absolute atomic E-state index is 0.0962. The van der Waals surface area contributed by atoms with Crippen LogP contribution in [0.4, 0.5) is 0 Å². The first-order valence-corrected chi connectivity index (χ1v) is 10.4. The molecule has 0 radical (unpaired) electrons. The van der Waals surface area contributed by atoms with Gasteiger partial charge in [-0.3, -0.25) is 9.59 Å². The topological polar surface area (TPSA) is 100 Å². The molecule has 2 N–H and O–H groups in total. The van der Waals surface area contributed by atoms with Gasteiger partial charge in [0.05, 0.1) is 18.2 Å². The highest BCUT2D eigenvalue weighted by atomic mass is 16.5. The van der Waals surface area contributed by atoms with E-state index in [0.29, 0.717) is 31.0 Å². The number of carbonyl (C=O) groups is 2. The van der Waals surface area contributed by atoms with E-state index in [9.17, 15) is 9.59 Å². The summed E-state index contributed by atoms with van der Waals surface area (Å²) in [4.78, 5) is 30.1. The lowest BCUT2D eigenvalue weighted by Crippen LogP contribution is -2.42. The minimum Gasteiger partial charge on any atom is -0.369 e. The Kier molecular flexibility index (Phi) is 4.46. The molecule has 2 aromatic heterocycles. The van der Waals surface area contributed by atoms with Crippen LogP contribution in [-0.2, 0) is 11.2 Å². The first-order valence-electron chi connectivity index (χ1n) is 10.4. The van der Waals surface area contributed by atoms with Crippen molar-refractivity contribution < 1.29 is 18.8 Å². The summed E-state index contributed by atoms with van der Waals surface area (Å²) in [6.45, 7) is 3.84. The van der Waals surface area contributed by atoms with Gasteiger partial charge in [-0.2, -0.15) is 0 Å². The molecule has 5 rings (SSSR count). The quantitative estimate of drug-likeness (QED) is 0.775. The summed E-state index contributed by atoms with van der Waals surface area (Å²) in [7, 11) is 0. The zero-order valence-electron chi connectivity index (χ0n) is 16.5. The second-order valence-corrected chi connectivity index (χ2v) is 8.44. The van der Waals surface area contributed by atoms with E-state index in [-0.39, 0.29) is 35.4 Å². The van der Waals surface area contributed by atoms with Gasteiger partial charge in [-0.1, -0.05) is 12.1 Å². The zero-order chi connectivity index (χ0) is 20.0. The van der Waals surface area contributed by atoms with Crippen molar-refractivity contribution in [2.75, 3.05) is 19.6 Å². The van der Waals surface area contributed by atoms with E-state index >= 15 is 0 Å². The summed E-state index contributed by atoms with van der Waals surface area (Å²) in [5.41, 5.74) is 0.648. The molecular weight excluding hydrogens is 372 g/mol. The average Bonchev–Trinajstić information content (AvgIpc) is 3.52. The molecule has 2 bridgehead atoms. The SMILES string of the molecule is CCCc1cc(C(=O)N2C[C@@H]3[C@H](CNC(=O)c4ccc[nH]4)[C@H]4CC[C@]3(C2)O4)no1. The Bertz CT molecular complexity index is 908. The lowest BCUT2D eigenvalue weighted by Gasteiger charge is -2.29. The molecule has 3 fully saturated rings. The number of ether oxygens (including phenoxy) is 1. The molecule has 4 atom stereocenters. The molecular formula is C21H26N4O4. The Labute approximate surface area is 169 Å². The summed E-state index contributed by atoms with van der Waals surface area (Å²) in [5, 5.41) is 7.01. The van der Waals surface area contributed by atoms with Crippen molar-refractivity contribution in [1.82, 2.24) is 20.4 Å². The van der Waals surface area contributed by atoms with Crippen LogP contribution in [0.15, 0.2) is 28.9 Å². The maximum absolute atomic E-state index is 13.0. The fourth-order valence-corrected chi connectivity index (χ4v) is 5.34. The highest BCUT2D eigenvalue weighted by Crippen LogP contribution is 2.54. The molecule has 154 valence electrons. The molecule has 3 aliphatic rings. The minimum atomic E-state index is -0.280. The number of rotatable bonds is 6. The zero-order valence-corrected chi connectivity index (χ0v) is 16.5. The summed E-state index contributed by atoms with van der Waals surface area (Å²) < 4.78 is 11.7. The molecule has 8 nitrogen and oxygen atoms in total. The third-order valence-corrected chi connectivity index (χ3v) is 6.69. The van der Waals surface area contributed by atoms with Crippen molar-refractivity contribution in [2.45, 2.75) is 44.3 Å². The van der Waals surface area contributed by atoms with Gasteiger partial charge in [0, 0.05) is 43.6 Å². The van der Waals surface area contributed by atoms with Crippen LogP contribution in [0.1, 0.15) is 52.9 Å². The highest BCUT2D eigenvalue weighted by molar-refractivity contribution is 5.93. The summed E-state index contributed by atoms with van der Waals surface area (Å²) in [6, 6.07) is 5.32. The van der Waals surface area contributed by atoms with Crippen molar-refractivity contribution in [3.05, 3.63) is 41.5 Å². The lowest BCUT2D eigenvalue weighted by atomic mass is 9.73. The number of amides is 2. The Hall–Kier alpha value is -2.61. The molecule has 3 saturated heterocycles. The van der Waals surface area contributed by atoms with Crippen LogP contribution in [0, 0.1) is 11.8 Å². The largest absolute Gasteiger partial charge is 0.369 e. The molecule has 0 saturated carbocycles. The predicted octanol–water partition coefficient (Wildman–Crippen LogP) is 2.00. The lowest BCUT2D eigenvalue weighted by molar-refractivity contribution is 0.00306. The van der Waals surface area contributed by atoms with Crippen molar-refractivity contribution in [3.8, 4) is 0 Å². The molecule has 29 heavy (non-hydrogen) atoms. The Morgan fingerprint density at radius 3 is 3.14 bits per heavy atom. The number of aryl methyl sites for hydroxylation is 1. The van der Waals surface area contributed by atoms with Crippen LogP contribution in [0.2, 0.25) is 0 Å². The first kappa shape index (κ1) is 18.4. The number of likely N-dealkylation sites (tertiary alicyclic amines) is 1. The van der Waals surface area contributed by atoms with Crippen LogP contribution < -0.4 is 5.32 Å². The van der Waals surface area contributed by atoms with Gasteiger partial charge in [0.25, 0.3) is 11.8 Å². The van der Waals surface area contributed by atoms with E-state index in [2.05, 4.69) is 22.4 Å². The van der Waals surface area contributed by atoms with Crippen molar-refractivity contribution in [1.29, 1.82) is 0 Å². The molecule has 1 spiro atoms. The third kappa shape index (κ3) is 3.06. The number of nitrogens with one attached hydrogen (secondary N) is 2. The number of nitrogens with zero attached hydrogens (tertiary/aromatic N) is 2. The predicted molar refractivity (Wildman–Crippen MR) is 103 cm³/mol. The molecule has 2 aromatic rings. The fourth-order valence-electron chi connectivity index (χ4n) is 5.34. The van der Waals surface area contributed by atoms with E-state index in [4.69, 9.17) is 9.26 Å². The summed E-state index contributed by atoms with van der Waals surface area (Å²) in [5.74, 6) is 0.991. The summed E-state index contributed by atoms with van der Waals surface area (Å²) in [6.07, 6.45) is 5.56. The van der Waals surface area contributed by atoms with Crippen LogP contribution in [0.25, 0.3) is 0 Å². The van der Waals surface area contributed by atoms with Crippen molar-refractivity contribution in [3.63, 3.8) is 0 Å².